The quantitative estimate of drug-likeness (QED) is 0.911. The van der Waals surface area contributed by atoms with E-state index >= 15 is 0 Å². The van der Waals surface area contributed by atoms with Crippen LogP contribution in [0.25, 0.3) is 0 Å². The lowest BCUT2D eigenvalue weighted by Crippen LogP contribution is -2.32. The molecule has 0 fully saturated rings. The van der Waals surface area contributed by atoms with E-state index in [0.717, 1.165) is 0 Å². The van der Waals surface area contributed by atoms with E-state index in [1.807, 2.05) is 11.8 Å². The van der Waals surface area contributed by atoms with Crippen molar-refractivity contribution in [3.63, 3.8) is 0 Å². The zero-order valence-corrected chi connectivity index (χ0v) is 10.8. The number of ether oxygens (including phenoxy) is 1. The monoisotopic (exact) mass is 271 g/mol. The van der Waals surface area contributed by atoms with E-state index in [1.165, 1.54) is 6.07 Å². The summed E-state index contributed by atoms with van der Waals surface area (Å²) in [5, 5.41) is 0.388. The lowest BCUT2D eigenvalue weighted by Gasteiger charge is -2.25. The standard InChI is InChI=1S/C12H15ClFN3O/c1-2-17(6-9-7-18-12(15)16-9)11-4-3-8(13)5-10(11)14/h3-5,9H,2,6-7H2,1H3,(H2,15,16)/t9-/m1/s1. The van der Waals surface area contributed by atoms with E-state index in [9.17, 15) is 4.39 Å². The van der Waals surface area contributed by atoms with E-state index in [2.05, 4.69) is 4.99 Å². The molecule has 0 aliphatic carbocycles. The highest BCUT2D eigenvalue weighted by Crippen LogP contribution is 2.23. The molecule has 6 heteroatoms. The van der Waals surface area contributed by atoms with Crippen molar-refractivity contribution in [2.45, 2.75) is 13.0 Å². The van der Waals surface area contributed by atoms with Crippen LogP contribution in [0.1, 0.15) is 6.92 Å². The van der Waals surface area contributed by atoms with Crippen molar-refractivity contribution in [1.29, 1.82) is 0 Å². The number of benzene rings is 1. The summed E-state index contributed by atoms with van der Waals surface area (Å²) in [6.07, 6.45) is 0. The van der Waals surface area contributed by atoms with Gasteiger partial charge in [0.1, 0.15) is 18.5 Å². The maximum atomic E-state index is 13.8. The van der Waals surface area contributed by atoms with Crippen molar-refractivity contribution in [3.05, 3.63) is 29.0 Å². The number of rotatable bonds is 4. The van der Waals surface area contributed by atoms with Crippen molar-refractivity contribution in [3.8, 4) is 0 Å². The SMILES string of the molecule is CCN(C[C@@H]1COC(N)=N1)c1ccc(Cl)cc1F. The summed E-state index contributed by atoms with van der Waals surface area (Å²) >= 11 is 5.74. The average Bonchev–Trinajstić information content (AvgIpc) is 2.72. The molecule has 0 saturated heterocycles. The molecule has 0 saturated carbocycles. The van der Waals surface area contributed by atoms with Crippen LogP contribution in [-0.2, 0) is 4.74 Å². The van der Waals surface area contributed by atoms with Crippen LogP contribution in [-0.4, -0.2) is 31.8 Å². The van der Waals surface area contributed by atoms with E-state index in [4.69, 9.17) is 22.1 Å². The third-order valence-electron chi connectivity index (χ3n) is 2.80. The molecular formula is C12H15ClFN3O. The Hall–Kier alpha value is -1.49. The van der Waals surface area contributed by atoms with Crippen molar-refractivity contribution in [2.75, 3.05) is 24.6 Å². The molecule has 1 aromatic carbocycles. The van der Waals surface area contributed by atoms with Gasteiger partial charge in [0.2, 0.25) is 0 Å². The molecule has 0 spiro atoms. The first-order valence-electron chi connectivity index (χ1n) is 5.76. The van der Waals surface area contributed by atoms with Gasteiger partial charge in [-0.3, -0.25) is 0 Å². The molecule has 18 heavy (non-hydrogen) atoms. The maximum Gasteiger partial charge on any atom is 0.282 e. The Morgan fingerprint density at radius 1 is 1.61 bits per heavy atom. The predicted molar refractivity (Wildman–Crippen MR) is 70.7 cm³/mol. The summed E-state index contributed by atoms with van der Waals surface area (Å²) in [7, 11) is 0. The van der Waals surface area contributed by atoms with Crippen LogP contribution in [0.2, 0.25) is 5.02 Å². The van der Waals surface area contributed by atoms with Gasteiger partial charge in [-0.1, -0.05) is 11.6 Å². The molecule has 0 aromatic heterocycles. The minimum Gasteiger partial charge on any atom is -0.463 e. The summed E-state index contributed by atoms with van der Waals surface area (Å²) in [6.45, 7) is 3.63. The Balaban J connectivity index is 2.13. The zero-order valence-electron chi connectivity index (χ0n) is 10.1. The van der Waals surface area contributed by atoms with Gasteiger partial charge in [-0.15, -0.1) is 0 Å². The van der Waals surface area contributed by atoms with Crippen LogP contribution in [0.3, 0.4) is 0 Å². The second kappa shape index (κ2) is 5.44. The molecular weight excluding hydrogens is 257 g/mol. The number of halogens is 2. The molecule has 1 aliphatic rings. The Labute approximate surface area is 110 Å². The number of nitrogens with zero attached hydrogens (tertiary/aromatic N) is 2. The van der Waals surface area contributed by atoms with Crippen molar-refractivity contribution >= 4 is 23.3 Å². The Kier molecular flexibility index (Phi) is 3.91. The Morgan fingerprint density at radius 2 is 2.39 bits per heavy atom. The first-order chi connectivity index (χ1) is 8.60. The number of likely N-dealkylation sites (N-methyl/N-ethyl adjacent to an activating group) is 1. The zero-order chi connectivity index (χ0) is 13.1. The number of amidine groups is 1. The van der Waals surface area contributed by atoms with Crippen LogP contribution in [0.5, 0.6) is 0 Å². The highest BCUT2D eigenvalue weighted by Gasteiger charge is 2.21. The summed E-state index contributed by atoms with van der Waals surface area (Å²) in [5.74, 6) is -0.333. The first-order valence-corrected chi connectivity index (χ1v) is 6.14. The lowest BCUT2D eigenvalue weighted by molar-refractivity contribution is 0.313. The number of anilines is 1. The molecule has 1 atom stereocenters. The largest absolute Gasteiger partial charge is 0.463 e. The fraction of sp³-hybridized carbons (Fsp3) is 0.417. The van der Waals surface area contributed by atoms with Gasteiger partial charge in [0.05, 0.1) is 5.69 Å². The molecule has 2 rings (SSSR count). The normalized spacial score (nSPS) is 18.4. The molecule has 0 bridgehead atoms. The topological polar surface area (TPSA) is 50.9 Å². The number of hydrogen-bond acceptors (Lipinski definition) is 4. The van der Waals surface area contributed by atoms with Gasteiger partial charge in [0.15, 0.2) is 0 Å². The molecule has 0 amide bonds. The predicted octanol–water partition coefficient (Wildman–Crippen LogP) is 2.02. The van der Waals surface area contributed by atoms with Gasteiger partial charge in [-0.25, -0.2) is 9.38 Å². The van der Waals surface area contributed by atoms with E-state index in [1.54, 1.807) is 12.1 Å². The van der Waals surface area contributed by atoms with Crippen LogP contribution in [0.4, 0.5) is 10.1 Å². The minimum absolute atomic E-state index is 0.0555. The number of aliphatic imine (C=N–C) groups is 1. The smallest absolute Gasteiger partial charge is 0.282 e. The fourth-order valence-electron chi connectivity index (χ4n) is 1.92. The van der Waals surface area contributed by atoms with Crippen LogP contribution in [0.15, 0.2) is 23.2 Å². The van der Waals surface area contributed by atoms with Crippen LogP contribution < -0.4 is 10.6 Å². The van der Waals surface area contributed by atoms with Gasteiger partial charge < -0.3 is 15.4 Å². The highest BCUT2D eigenvalue weighted by atomic mass is 35.5. The van der Waals surface area contributed by atoms with Gasteiger partial charge >= 0.3 is 0 Å². The number of hydrogen-bond donors (Lipinski definition) is 1. The van der Waals surface area contributed by atoms with Crippen molar-refractivity contribution in [2.24, 2.45) is 10.7 Å². The highest BCUT2D eigenvalue weighted by molar-refractivity contribution is 6.30. The summed E-state index contributed by atoms with van der Waals surface area (Å²) < 4.78 is 18.9. The average molecular weight is 272 g/mol. The molecule has 1 heterocycles. The minimum atomic E-state index is -0.333. The first kappa shape index (κ1) is 13.0. The molecule has 0 radical (unpaired) electrons. The van der Waals surface area contributed by atoms with Gasteiger partial charge in [-0.2, -0.15) is 0 Å². The molecule has 2 N–H and O–H groups in total. The van der Waals surface area contributed by atoms with E-state index in [0.29, 0.717) is 30.4 Å². The van der Waals surface area contributed by atoms with E-state index in [-0.39, 0.29) is 17.9 Å². The Morgan fingerprint density at radius 3 is 2.94 bits per heavy atom. The van der Waals surface area contributed by atoms with Gasteiger partial charge in [0.25, 0.3) is 6.02 Å². The third kappa shape index (κ3) is 2.85. The molecule has 1 aliphatic heterocycles. The van der Waals surface area contributed by atoms with Crippen LogP contribution >= 0.6 is 11.6 Å². The van der Waals surface area contributed by atoms with Crippen molar-refractivity contribution in [1.82, 2.24) is 0 Å². The Bertz CT molecular complexity index is 467. The molecule has 98 valence electrons. The fourth-order valence-corrected chi connectivity index (χ4v) is 2.08. The second-order valence-electron chi connectivity index (χ2n) is 4.07. The summed E-state index contributed by atoms with van der Waals surface area (Å²) in [5.41, 5.74) is 5.96. The molecule has 4 nitrogen and oxygen atoms in total. The van der Waals surface area contributed by atoms with Crippen LogP contribution in [0, 0.1) is 5.82 Å². The van der Waals surface area contributed by atoms with Gasteiger partial charge in [0, 0.05) is 18.1 Å². The second-order valence-corrected chi connectivity index (χ2v) is 4.50. The summed E-state index contributed by atoms with van der Waals surface area (Å²) in [6, 6.07) is 4.80. The molecule has 0 unspecified atom stereocenters. The van der Waals surface area contributed by atoms with Crippen molar-refractivity contribution < 1.29 is 9.13 Å². The lowest BCUT2D eigenvalue weighted by atomic mass is 10.2. The third-order valence-corrected chi connectivity index (χ3v) is 3.03. The number of nitrogens with two attached hydrogens (primary N) is 1. The van der Waals surface area contributed by atoms with Gasteiger partial charge in [-0.05, 0) is 25.1 Å². The molecule has 1 aromatic rings. The maximum absolute atomic E-state index is 13.8. The summed E-state index contributed by atoms with van der Waals surface area (Å²) in [4.78, 5) is 6.02. The van der Waals surface area contributed by atoms with E-state index < -0.39 is 0 Å².